The van der Waals surface area contributed by atoms with E-state index in [1.165, 1.54) is 11.0 Å². The third-order valence-corrected chi connectivity index (χ3v) is 5.55. The molecular formula is C21H24N4O5. The number of likely N-dealkylation sites (tertiary alicyclic amines) is 1. The van der Waals surface area contributed by atoms with Gasteiger partial charge in [-0.2, -0.15) is 4.98 Å². The Morgan fingerprint density at radius 3 is 2.80 bits per heavy atom. The maximum absolute atomic E-state index is 13.1. The van der Waals surface area contributed by atoms with Crippen molar-refractivity contribution in [1.82, 2.24) is 19.9 Å². The third kappa shape index (κ3) is 3.72. The normalized spacial score (nSPS) is 18.8. The molecule has 1 aromatic carbocycles. The van der Waals surface area contributed by atoms with Crippen LogP contribution in [-0.4, -0.2) is 71.0 Å². The van der Waals surface area contributed by atoms with Crippen LogP contribution in [0.3, 0.4) is 0 Å². The molecule has 0 aliphatic carbocycles. The van der Waals surface area contributed by atoms with Crippen LogP contribution < -0.4 is 0 Å². The van der Waals surface area contributed by atoms with E-state index in [0.29, 0.717) is 55.5 Å². The number of aromatic nitrogens is 2. The van der Waals surface area contributed by atoms with Gasteiger partial charge in [0, 0.05) is 38.9 Å². The molecule has 158 valence electrons. The maximum Gasteiger partial charge on any atom is 0.261 e. The van der Waals surface area contributed by atoms with Crippen LogP contribution >= 0.6 is 0 Å². The molecular weight excluding hydrogens is 388 g/mol. The quantitative estimate of drug-likeness (QED) is 0.528. The van der Waals surface area contributed by atoms with E-state index >= 15 is 0 Å². The monoisotopic (exact) mass is 412 g/mol. The summed E-state index contributed by atoms with van der Waals surface area (Å²) in [6.45, 7) is 3.62. The Hall–Kier alpha value is -3.07. The lowest BCUT2D eigenvalue weighted by Gasteiger charge is -2.31. The molecule has 2 aliphatic heterocycles. The number of fused-ring (bicyclic) bond motifs is 1. The number of carbonyl (C=O) groups is 3. The van der Waals surface area contributed by atoms with Gasteiger partial charge in [-0.15, -0.1) is 0 Å². The van der Waals surface area contributed by atoms with Crippen molar-refractivity contribution in [3.05, 3.63) is 46.6 Å². The van der Waals surface area contributed by atoms with Gasteiger partial charge in [0.05, 0.1) is 17.0 Å². The van der Waals surface area contributed by atoms with Crippen molar-refractivity contribution in [2.45, 2.75) is 32.1 Å². The number of piperidine rings is 1. The number of aryl methyl sites for hydroxylation is 1. The highest BCUT2D eigenvalue weighted by Crippen LogP contribution is 2.28. The Balaban J connectivity index is 1.50. The van der Waals surface area contributed by atoms with Gasteiger partial charge in [-0.25, -0.2) is 0 Å². The molecule has 1 aromatic heterocycles. The fourth-order valence-corrected chi connectivity index (χ4v) is 4.02. The van der Waals surface area contributed by atoms with Crippen LogP contribution in [0.15, 0.2) is 22.7 Å². The van der Waals surface area contributed by atoms with Crippen molar-refractivity contribution in [1.29, 1.82) is 0 Å². The summed E-state index contributed by atoms with van der Waals surface area (Å²) in [4.78, 5) is 45.6. The molecule has 30 heavy (non-hydrogen) atoms. The van der Waals surface area contributed by atoms with Gasteiger partial charge >= 0.3 is 0 Å². The van der Waals surface area contributed by atoms with Gasteiger partial charge in [-0.1, -0.05) is 5.16 Å². The second-order valence-electron chi connectivity index (χ2n) is 7.64. The topological polar surface area (TPSA) is 106 Å². The zero-order chi connectivity index (χ0) is 21.3. The number of hydrogen-bond donors (Lipinski definition) is 0. The first-order valence-corrected chi connectivity index (χ1v) is 10.1. The minimum Gasteiger partial charge on any atom is -0.385 e. The third-order valence-electron chi connectivity index (χ3n) is 5.55. The first kappa shape index (κ1) is 20.2. The van der Waals surface area contributed by atoms with Gasteiger partial charge < -0.3 is 14.2 Å². The Morgan fingerprint density at radius 2 is 2.07 bits per heavy atom. The van der Waals surface area contributed by atoms with Crippen molar-refractivity contribution in [2.24, 2.45) is 0 Å². The van der Waals surface area contributed by atoms with E-state index < -0.39 is 0 Å². The number of ether oxygens (including phenoxy) is 1. The molecule has 0 N–H and O–H groups in total. The lowest BCUT2D eigenvalue weighted by Crippen LogP contribution is -2.39. The van der Waals surface area contributed by atoms with E-state index in [0.717, 1.165) is 12.8 Å². The smallest absolute Gasteiger partial charge is 0.261 e. The van der Waals surface area contributed by atoms with Crippen LogP contribution in [0.5, 0.6) is 0 Å². The first-order valence-electron chi connectivity index (χ1n) is 10.1. The highest BCUT2D eigenvalue weighted by molar-refractivity contribution is 6.22. The van der Waals surface area contributed by atoms with Crippen molar-refractivity contribution in [3.8, 4) is 0 Å². The van der Waals surface area contributed by atoms with E-state index in [-0.39, 0.29) is 29.2 Å². The number of carbonyl (C=O) groups excluding carboxylic acids is 3. The standard InChI is InChI=1S/C21H24N4O5/c1-13-22-18(30-23-13)15-5-3-8-24(12-15)19(26)14-6-7-16-17(11-14)21(28)25(20(16)27)9-4-10-29-2/h6-7,11,15H,3-5,8-10,12H2,1-2H3. The van der Waals surface area contributed by atoms with Crippen LogP contribution in [0.4, 0.5) is 0 Å². The van der Waals surface area contributed by atoms with Gasteiger partial charge in [0.25, 0.3) is 17.7 Å². The van der Waals surface area contributed by atoms with E-state index in [9.17, 15) is 14.4 Å². The van der Waals surface area contributed by atoms with E-state index in [4.69, 9.17) is 9.26 Å². The maximum atomic E-state index is 13.1. The zero-order valence-electron chi connectivity index (χ0n) is 17.1. The van der Waals surface area contributed by atoms with Crippen molar-refractivity contribution < 1.29 is 23.6 Å². The molecule has 9 nitrogen and oxygen atoms in total. The largest absolute Gasteiger partial charge is 0.385 e. The fraction of sp³-hybridized carbons (Fsp3) is 0.476. The summed E-state index contributed by atoms with van der Waals surface area (Å²) in [7, 11) is 1.57. The summed E-state index contributed by atoms with van der Waals surface area (Å²) in [6, 6.07) is 4.72. The Bertz CT molecular complexity index is 986. The molecule has 1 fully saturated rings. The van der Waals surface area contributed by atoms with Crippen molar-refractivity contribution in [3.63, 3.8) is 0 Å². The molecule has 1 saturated heterocycles. The van der Waals surface area contributed by atoms with Crippen molar-refractivity contribution >= 4 is 17.7 Å². The van der Waals surface area contributed by atoms with Crippen LogP contribution in [0.1, 0.15) is 68.0 Å². The number of nitrogens with zero attached hydrogens (tertiary/aromatic N) is 4. The van der Waals surface area contributed by atoms with Gasteiger partial charge in [-0.05, 0) is 44.4 Å². The Morgan fingerprint density at radius 1 is 1.27 bits per heavy atom. The molecule has 1 atom stereocenters. The van der Waals surface area contributed by atoms with E-state index in [1.54, 1.807) is 31.1 Å². The molecule has 0 bridgehead atoms. The molecule has 1 unspecified atom stereocenters. The average molecular weight is 412 g/mol. The van der Waals surface area contributed by atoms with Crippen LogP contribution in [0, 0.1) is 6.92 Å². The van der Waals surface area contributed by atoms with Crippen LogP contribution in [0.25, 0.3) is 0 Å². The SMILES string of the molecule is COCCCN1C(=O)c2ccc(C(=O)N3CCCC(c4nc(C)no4)C3)cc2C1=O. The van der Waals surface area contributed by atoms with Gasteiger partial charge in [0.15, 0.2) is 5.82 Å². The Labute approximate surface area is 174 Å². The molecule has 2 aliphatic rings. The molecule has 4 rings (SSSR count). The second-order valence-corrected chi connectivity index (χ2v) is 7.64. The number of amides is 3. The predicted octanol–water partition coefficient (Wildman–Crippen LogP) is 2.03. The van der Waals surface area contributed by atoms with Gasteiger partial charge in [0.1, 0.15) is 0 Å². The lowest BCUT2D eigenvalue weighted by molar-refractivity contribution is 0.0637. The summed E-state index contributed by atoms with van der Waals surface area (Å²) >= 11 is 0. The summed E-state index contributed by atoms with van der Waals surface area (Å²) in [6.07, 6.45) is 2.27. The lowest BCUT2D eigenvalue weighted by atomic mass is 9.96. The fourth-order valence-electron chi connectivity index (χ4n) is 4.02. The van der Waals surface area contributed by atoms with Gasteiger partial charge in [-0.3, -0.25) is 19.3 Å². The molecule has 0 radical (unpaired) electrons. The molecule has 0 spiro atoms. The summed E-state index contributed by atoms with van der Waals surface area (Å²) in [5, 5.41) is 3.84. The summed E-state index contributed by atoms with van der Waals surface area (Å²) < 4.78 is 10.3. The highest BCUT2D eigenvalue weighted by Gasteiger charge is 2.36. The number of imide groups is 1. The van der Waals surface area contributed by atoms with Crippen LogP contribution in [0.2, 0.25) is 0 Å². The molecule has 3 heterocycles. The molecule has 9 heteroatoms. The number of methoxy groups -OCH3 is 1. The highest BCUT2D eigenvalue weighted by atomic mass is 16.5. The Kier molecular flexibility index (Phi) is 5.63. The first-order chi connectivity index (χ1) is 14.5. The molecule has 0 saturated carbocycles. The number of rotatable bonds is 6. The van der Waals surface area contributed by atoms with Gasteiger partial charge in [0.2, 0.25) is 5.89 Å². The zero-order valence-corrected chi connectivity index (χ0v) is 17.1. The van der Waals surface area contributed by atoms with E-state index in [2.05, 4.69) is 10.1 Å². The average Bonchev–Trinajstić information content (AvgIpc) is 3.30. The number of hydrogen-bond acceptors (Lipinski definition) is 7. The summed E-state index contributed by atoms with van der Waals surface area (Å²) in [5.74, 6) is 0.264. The molecule has 2 aromatic rings. The minimum atomic E-state index is -0.362. The number of benzene rings is 1. The minimum absolute atomic E-state index is 0.00202. The molecule has 3 amide bonds. The summed E-state index contributed by atoms with van der Waals surface area (Å²) in [5.41, 5.74) is 1.02. The predicted molar refractivity (Wildman–Crippen MR) is 105 cm³/mol. The van der Waals surface area contributed by atoms with Crippen molar-refractivity contribution in [2.75, 3.05) is 33.4 Å². The second kappa shape index (κ2) is 8.35. The van der Waals surface area contributed by atoms with Crippen LogP contribution in [-0.2, 0) is 4.74 Å². The van der Waals surface area contributed by atoms with E-state index in [1.807, 2.05) is 0 Å².